The summed E-state index contributed by atoms with van der Waals surface area (Å²) in [6.45, 7) is 2.05. The molecular weight excluding hydrogens is 394 g/mol. The number of non-ortho nitro benzene ring substituents is 1. The van der Waals surface area contributed by atoms with Crippen molar-refractivity contribution in [1.29, 1.82) is 0 Å². The van der Waals surface area contributed by atoms with Crippen LogP contribution in [-0.4, -0.2) is 27.9 Å². The van der Waals surface area contributed by atoms with Gasteiger partial charge in [0.05, 0.1) is 4.92 Å². The van der Waals surface area contributed by atoms with Gasteiger partial charge in [-0.2, -0.15) is 0 Å². The van der Waals surface area contributed by atoms with Crippen LogP contribution in [0.3, 0.4) is 0 Å². The first kappa shape index (κ1) is 20.3. The van der Waals surface area contributed by atoms with Crippen LogP contribution in [0.1, 0.15) is 37.7 Å². The molecule has 0 unspecified atom stereocenters. The number of nitro groups is 1. The normalized spacial score (nSPS) is 18.0. The maximum absolute atomic E-state index is 11.2. The summed E-state index contributed by atoms with van der Waals surface area (Å²) in [6.07, 6.45) is 7.48. The monoisotopic (exact) mass is 419 g/mol. The number of para-hydroxylation sites is 1. The first-order valence-electron chi connectivity index (χ1n) is 10.4. The lowest BCUT2D eigenvalue weighted by Crippen LogP contribution is -2.31. The fourth-order valence-corrected chi connectivity index (χ4v) is 4.54. The summed E-state index contributed by atoms with van der Waals surface area (Å²) in [5, 5.41) is 14.6. The number of hydrogen-bond donors (Lipinski definition) is 1. The van der Waals surface area contributed by atoms with Crippen molar-refractivity contribution in [2.75, 3.05) is 18.4 Å². The number of nitrogens with one attached hydrogen (secondary N) is 1. The van der Waals surface area contributed by atoms with E-state index in [4.69, 9.17) is 12.2 Å². The second-order valence-corrected chi connectivity index (χ2v) is 8.12. The molecule has 0 radical (unpaired) electrons. The highest BCUT2D eigenvalue weighted by Gasteiger charge is 2.28. The molecule has 0 aromatic heterocycles. The number of piperidine rings is 1. The molecule has 2 aromatic carbocycles. The average Bonchev–Trinajstić information content (AvgIpc) is 3.19. The fraction of sp³-hybridized carbons (Fsp3) is 0.292. The van der Waals surface area contributed by atoms with Crippen molar-refractivity contribution in [2.24, 2.45) is 0 Å². The van der Waals surface area contributed by atoms with E-state index < -0.39 is 0 Å². The molecule has 1 saturated heterocycles. The zero-order valence-corrected chi connectivity index (χ0v) is 17.7. The van der Waals surface area contributed by atoms with E-state index in [-0.39, 0.29) is 10.6 Å². The highest BCUT2D eigenvalue weighted by atomic mass is 32.1. The molecule has 1 heterocycles. The Hall–Kier alpha value is -2.99. The molecule has 0 amide bonds. The van der Waals surface area contributed by atoms with Gasteiger partial charge in [-0.15, -0.1) is 0 Å². The van der Waals surface area contributed by atoms with Crippen LogP contribution < -0.4 is 5.32 Å². The molecule has 30 heavy (non-hydrogen) atoms. The molecule has 2 aliphatic rings. The van der Waals surface area contributed by atoms with Crippen molar-refractivity contribution in [3.05, 3.63) is 87.1 Å². The van der Waals surface area contributed by atoms with E-state index >= 15 is 0 Å². The first-order valence-corrected chi connectivity index (χ1v) is 10.8. The third kappa shape index (κ3) is 4.60. The van der Waals surface area contributed by atoms with Crippen molar-refractivity contribution in [1.82, 2.24) is 4.90 Å². The molecule has 5 nitrogen and oxygen atoms in total. The molecule has 1 fully saturated rings. The molecule has 154 valence electrons. The van der Waals surface area contributed by atoms with Crippen LogP contribution in [0.25, 0.3) is 6.08 Å². The van der Waals surface area contributed by atoms with Crippen molar-refractivity contribution in [3.63, 3.8) is 0 Å². The number of likely N-dealkylation sites (tertiary alicyclic amines) is 1. The molecule has 1 N–H and O–H groups in total. The summed E-state index contributed by atoms with van der Waals surface area (Å²) >= 11 is 5.80. The second-order valence-electron chi connectivity index (χ2n) is 7.72. The summed E-state index contributed by atoms with van der Waals surface area (Å²) in [5.41, 5.74) is 5.57. The minimum absolute atomic E-state index is 0.118. The molecule has 1 aliphatic carbocycles. The summed E-state index contributed by atoms with van der Waals surface area (Å²) in [7, 11) is 0. The van der Waals surface area contributed by atoms with E-state index in [0.29, 0.717) is 0 Å². The number of benzene rings is 2. The molecule has 0 saturated carbocycles. The summed E-state index contributed by atoms with van der Waals surface area (Å²) in [4.78, 5) is 14.0. The third-order valence-electron chi connectivity index (χ3n) is 5.63. The predicted octanol–water partition coefficient (Wildman–Crippen LogP) is 5.95. The molecule has 6 heteroatoms. The van der Waals surface area contributed by atoms with Crippen LogP contribution >= 0.6 is 12.2 Å². The molecule has 0 atom stereocenters. The second kappa shape index (κ2) is 9.22. The Kier molecular flexibility index (Phi) is 6.23. The quantitative estimate of drug-likeness (QED) is 0.369. The Morgan fingerprint density at radius 2 is 1.80 bits per heavy atom. The van der Waals surface area contributed by atoms with Crippen molar-refractivity contribution in [3.8, 4) is 0 Å². The summed E-state index contributed by atoms with van der Waals surface area (Å²) < 4.78 is 0. The van der Waals surface area contributed by atoms with Crippen molar-refractivity contribution < 1.29 is 4.92 Å². The van der Waals surface area contributed by atoms with Crippen molar-refractivity contribution in [2.45, 2.75) is 32.1 Å². The van der Waals surface area contributed by atoms with Gasteiger partial charge in [0.15, 0.2) is 0 Å². The van der Waals surface area contributed by atoms with Crippen molar-refractivity contribution >= 4 is 34.7 Å². The topological polar surface area (TPSA) is 58.4 Å². The Morgan fingerprint density at radius 1 is 1.03 bits per heavy atom. The van der Waals surface area contributed by atoms with E-state index in [1.165, 1.54) is 42.2 Å². The number of nitrogens with zero attached hydrogens (tertiary/aromatic N) is 2. The van der Waals surface area contributed by atoms with Crippen LogP contribution in [0.2, 0.25) is 0 Å². The van der Waals surface area contributed by atoms with Gasteiger partial charge >= 0.3 is 0 Å². The highest BCUT2D eigenvalue weighted by molar-refractivity contribution is 7.81. The maximum Gasteiger partial charge on any atom is 0.270 e. The van der Waals surface area contributed by atoms with Gasteiger partial charge < -0.3 is 10.2 Å². The zero-order chi connectivity index (χ0) is 20.9. The molecular formula is C24H25N3O2S. The lowest BCUT2D eigenvalue weighted by Gasteiger charge is -2.32. The largest absolute Gasteiger partial charge is 0.371 e. The zero-order valence-electron chi connectivity index (χ0n) is 16.8. The average molecular weight is 420 g/mol. The van der Waals surface area contributed by atoms with Gasteiger partial charge in [0.1, 0.15) is 4.99 Å². The predicted molar refractivity (Wildman–Crippen MR) is 125 cm³/mol. The summed E-state index contributed by atoms with van der Waals surface area (Å²) in [5.74, 6) is 0. The first-order chi connectivity index (χ1) is 14.6. The molecule has 1 aliphatic heterocycles. The van der Waals surface area contributed by atoms with Crippen LogP contribution in [-0.2, 0) is 0 Å². The highest BCUT2D eigenvalue weighted by Crippen LogP contribution is 2.37. The van der Waals surface area contributed by atoms with E-state index in [1.54, 1.807) is 12.1 Å². The number of rotatable bonds is 5. The van der Waals surface area contributed by atoms with Crippen LogP contribution in [0.4, 0.5) is 11.4 Å². The molecule has 0 bridgehead atoms. The Morgan fingerprint density at radius 3 is 2.53 bits per heavy atom. The van der Waals surface area contributed by atoms with E-state index in [9.17, 15) is 10.1 Å². The minimum atomic E-state index is -0.345. The molecule has 2 aromatic rings. The van der Waals surface area contributed by atoms with Gasteiger partial charge in [0, 0.05) is 42.2 Å². The Balaban J connectivity index is 1.69. The standard InChI is InChI=1S/C24H25N3O2S/c28-27(29)21-11-7-8-18(17-21)16-19-12-13-22(23(19)26-14-5-2-6-15-26)24(30)25-20-9-3-1-4-10-20/h1,3-4,7-11,16-17H,2,5-6,12-15H2,(H,25,30). The summed E-state index contributed by atoms with van der Waals surface area (Å²) in [6, 6.07) is 16.8. The number of anilines is 1. The minimum Gasteiger partial charge on any atom is -0.371 e. The van der Waals surface area contributed by atoms with Gasteiger partial charge in [0.25, 0.3) is 5.69 Å². The number of allylic oxidation sites excluding steroid dienone is 1. The van der Waals surface area contributed by atoms with E-state index in [0.717, 1.165) is 42.2 Å². The smallest absolute Gasteiger partial charge is 0.270 e. The van der Waals surface area contributed by atoms with Crippen LogP contribution in [0.15, 0.2) is 71.4 Å². The molecule has 4 rings (SSSR count). The van der Waals surface area contributed by atoms with Gasteiger partial charge in [-0.25, -0.2) is 0 Å². The SMILES string of the molecule is O=[N+]([O-])c1cccc(C=C2CCC(C(=S)Nc3ccccc3)=C2N2CCCCC2)c1. The Labute approximate surface area is 182 Å². The number of hydrogen-bond acceptors (Lipinski definition) is 4. The molecule has 0 spiro atoms. The van der Waals surface area contributed by atoms with Gasteiger partial charge in [-0.3, -0.25) is 10.1 Å². The number of nitro benzene ring substituents is 1. The number of thiocarbonyl (C=S) groups is 1. The van der Waals surface area contributed by atoms with Gasteiger partial charge in [0.2, 0.25) is 0 Å². The van der Waals surface area contributed by atoms with Gasteiger partial charge in [-0.1, -0.05) is 42.5 Å². The maximum atomic E-state index is 11.2. The Bertz CT molecular complexity index is 1010. The van der Waals surface area contributed by atoms with E-state index in [2.05, 4.69) is 16.3 Å². The third-order valence-corrected chi connectivity index (χ3v) is 5.98. The fourth-order valence-electron chi connectivity index (χ4n) is 4.22. The van der Waals surface area contributed by atoms with Gasteiger partial charge in [-0.05, 0) is 61.4 Å². The van der Waals surface area contributed by atoms with Crippen LogP contribution in [0.5, 0.6) is 0 Å². The lowest BCUT2D eigenvalue weighted by atomic mass is 10.0. The van der Waals surface area contributed by atoms with Crippen LogP contribution in [0, 0.1) is 10.1 Å². The lowest BCUT2D eigenvalue weighted by molar-refractivity contribution is -0.384. The van der Waals surface area contributed by atoms with E-state index in [1.807, 2.05) is 36.4 Å².